The molecule has 2 N–H and O–H groups in total. The Kier molecular flexibility index (Phi) is 4.52. The van der Waals surface area contributed by atoms with Crippen molar-refractivity contribution < 1.29 is 18.7 Å². The van der Waals surface area contributed by atoms with E-state index in [1.807, 2.05) is 0 Å². The quantitative estimate of drug-likeness (QED) is 0.786. The fourth-order valence-corrected chi connectivity index (χ4v) is 1.50. The lowest BCUT2D eigenvalue weighted by molar-refractivity contribution is 0.122. The van der Waals surface area contributed by atoms with E-state index in [-0.39, 0.29) is 6.61 Å². The molecule has 5 heteroatoms. The van der Waals surface area contributed by atoms with E-state index < -0.39 is 6.17 Å². The minimum absolute atomic E-state index is 0.181. The second-order valence-electron chi connectivity index (χ2n) is 3.33. The molecule has 0 amide bonds. The van der Waals surface area contributed by atoms with E-state index in [4.69, 9.17) is 15.4 Å². The molecule has 0 saturated carbocycles. The molecule has 0 aliphatic rings. The molecule has 0 aliphatic heterocycles. The van der Waals surface area contributed by atoms with Crippen molar-refractivity contribution in [3.8, 4) is 11.5 Å². The number of hydrogen-bond donors (Lipinski definition) is 1. The number of halogens is 1. The summed E-state index contributed by atoms with van der Waals surface area (Å²) in [6.07, 6.45) is -1.13. The SMILES string of the molecule is COc1cc(C(C)F)c(OC)cc1CON. The number of benzene rings is 1. The minimum atomic E-state index is -1.13. The Morgan fingerprint density at radius 3 is 2.31 bits per heavy atom. The number of methoxy groups -OCH3 is 2. The van der Waals surface area contributed by atoms with Crippen LogP contribution >= 0.6 is 0 Å². The molecule has 0 aromatic heterocycles. The van der Waals surface area contributed by atoms with Gasteiger partial charge in [0.15, 0.2) is 0 Å². The predicted molar refractivity (Wildman–Crippen MR) is 58.0 cm³/mol. The van der Waals surface area contributed by atoms with Crippen LogP contribution in [-0.2, 0) is 11.4 Å². The first-order valence-electron chi connectivity index (χ1n) is 4.84. The normalized spacial score (nSPS) is 12.3. The first kappa shape index (κ1) is 12.7. The molecule has 90 valence electrons. The van der Waals surface area contributed by atoms with Gasteiger partial charge in [-0.05, 0) is 19.1 Å². The first-order valence-corrected chi connectivity index (χ1v) is 4.84. The van der Waals surface area contributed by atoms with E-state index in [1.54, 1.807) is 12.1 Å². The molecule has 0 bridgehead atoms. The highest BCUT2D eigenvalue weighted by Crippen LogP contribution is 2.34. The Balaban J connectivity index is 3.22. The number of ether oxygens (including phenoxy) is 2. The average Bonchev–Trinajstić information content (AvgIpc) is 2.28. The van der Waals surface area contributed by atoms with Crippen LogP contribution in [0.25, 0.3) is 0 Å². The van der Waals surface area contributed by atoms with Crippen molar-refractivity contribution in [2.75, 3.05) is 14.2 Å². The van der Waals surface area contributed by atoms with Crippen LogP contribution in [0.2, 0.25) is 0 Å². The van der Waals surface area contributed by atoms with Gasteiger partial charge < -0.3 is 9.47 Å². The summed E-state index contributed by atoms with van der Waals surface area (Å²) in [4.78, 5) is 4.54. The first-order chi connectivity index (χ1) is 7.63. The highest BCUT2D eigenvalue weighted by Gasteiger charge is 2.15. The lowest BCUT2D eigenvalue weighted by Gasteiger charge is -2.14. The molecule has 16 heavy (non-hydrogen) atoms. The van der Waals surface area contributed by atoms with Crippen molar-refractivity contribution in [2.45, 2.75) is 19.7 Å². The summed E-state index contributed by atoms with van der Waals surface area (Å²) in [5.41, 5.74) is 1.16. The summed E-state index contributed by atoms with van der Waals surface area (Å²) in [6, 6.07) is 3.26. The molecular weight excluding hydrogens is 213 g/mol. The van der Waals surface area contributed by atoms with Crippen molar-refractivity contribution >= 4 is 0 Å². The third-order valence-corrected chi connectivity index (χ3v) is 2.30. The molecule has 1 rings (SSSR count). The molecule has 1 unspecified atom stereocenters. The molecule has 0 radical (unpaired) electrons. The molecule has 1 aromatic carbocycles. The van der Waals surface area contributed by atoms with Crippen LogP contribution in [0.1, 0.15) is 24.2 Å². The van der Waals surface area contributed by atoms with E-state index in [2.05, 4.69) is 4.84 Å². The number of hydrogen-bond acceptors (Lipinski definition) is 4. The highest BCUT2D eigenvalue weighted by atomic mass is 19.1. The van der Waals surface area contributed by atoms with Gasteiger partial charge >= 0.3 is 0 Å². The van der Waals surface area contributed by atoms with Gasteiger partial charge in [0.2, 0.25) is 0 Å². The molecule has 0 heterocycles. The molecule has 4 nitrogen and oxygen atoms in total. The average molecular weight is 229 g/mol. The van der Waals surface area contributed by atoms with E-state index in [0.717, 1.165) is 0 Å². The van der Waals surface area contributed by atoms with E-state index >= 15 is 0 Å². The zero-order valence-corrected chi connectivity index (χ0v) is 9.62. The lowest BCUT2D eigenvalue weighted by Crippen LogP contribution is -2.03. The van der Waals surface area contributed by atoms with Gasteiger partial charge in [0.05, 0.1) is 20.8 Å². The van der Waals surface area contributed by atoms with Gasteiger partial charge in [-0.25, -0.2) is 10.3 Å². The van der Waals surface area contributed by atoms with Gasteiger partial charge in [0.25, 0.3) is 0 Å². The number of nitrogens with two attached hydrogens (primary N) is 1. The molecule has 1 aromatic rings. The van der Waals surface area contributed by atoms with Gasteiger partial charge in [-0.15, -0.1) is 0 Å². The molecule has 0 aliphatic carbocycles. The van der Waals surface area contributed by atoms with Gasteiger partial charge in [0, 0.05) is 11.1 Å². The largest absolute Gasteiger partial charge is 0.496 e. The van der Waals surface area contributed by atoms with Crippen molar-refractivity contribution in [3.63, 3.8) is 0 Å². The van der Waals surface area contributed by atoms with Crippen molar-refractivity contribution in [2.24, 2.45) is 5.90 Å². The number of rotatable bonds is 5. The van der Waals surface area contributed by atoms with Gasteiger partial charge in [-0.1, -0.05) is 0 Å². The Hall–Kier alpha value is -1.33. The van der Waals surface area contributed by atoms with Crippen LogP contribution in [0, 0.1) is 0 Å². The van der Waals surface area contributed by atoms with E-state index in [0.29, 0.717) is 22.6 Å². The fraction of sp³-hybridized carbons (Fsp3) is 0.455. The van der Waals surface area contributed by atoms with Crippen LogP contribution in [0.3, 0.4) is 0 Å². The predicted octanol–water partition coefficient (Wildman–Crippen LogP) is 2.12. The second kappa shape index (κ2) is 5.67. The van der Waals surface area contributed by atoms with E-state index in [1.165, 1.54) is 21.1 Å². The second-order valence-corrected chi connectivity index (χ2v) is 3.33. The molecule has 0 fully saturated rings. The third-order valence-electron chi connectivity index (χ3n) is 2.30. The van der Waals surface area contributed by atoms with Gasteiger partial charge in [-0.2, -0.15) is 0 Å². The summed E-state index contributed by atoms with van der Waals surface area (Å²) < 4.78 is 23.6. The Morgan fingerprint density at radius 1 is 1.25 bits per heavy atom. The van der Waals surface area contributed by atoms with Crippen molar-refractivity contribution in [1.82, 2.24) is 0 Å². The Bertz CT molecular complexity index is 355. The van der Waals surface area contributed by atoms with Crippen LogP contribution < -0.4 is 15.4 Å². The molecule has 1 atom stereocenters. The van der Waals surface area contributed by atoms with Gasteiger partial charge in [0.1, 0.15) is 17.7 Å². The highest BCUT2D eigenvalue weighted by molar-refractivity contribution is 5.47. The fourth-order valence-electron chi connectivity index (χ4n) is 1.50. The maximum atomic E-state index is 13.3. The Labute approximate surface area is 94.1 Å². The van der Waals surface area contributed by atoms with Crippen LogP contribution in [0.15, 0.2) is 12.1 Å². The molecule has 0 spiro atoms. The van der Waals surface area contributed by atoms with Crippen molar-refractivity contribution in [3.05, 3.63) is 23.3 Å². The molecular formula is C11H16FNO3. The maximum Gasteiger partial charge on any atom is 0.126 e. The smallest absolute Gasteiger partial charge is 0.126 e. The maximum absolute atomic E-state index is 13.3. The van der Waals surface area contributed by atoms with Gasteiger partial charge in [-0.3, -0.25) is 4.84 Å². The monoisotopic (exact) mass is 229 g/mol. The number of alkyl halides is 1. The van der Waals surface area contributed by atoms with Crippen molar-refractivity contribution in [1.29, 1.82) is 0 Å². The lowest BCUT2D eigenvalue weighted by atomic mass is 10.1. The zero-order chi connectivity index (χ0) is 12.1. The third kappa shape index (κ3) is 2.62. The summed E-state index contributed by atoms with van der Waals surface area (Å²) >= 11 is 0. The Morgan fingerprint density at radius 2 is 1.88 bits per heavy atom. The zero-order valence-electron chi connectivity index (χ0n) is 9.62. The van der Waals surface area contributed by atoms with Crippen LogP contribution in [0.4, 0.5) is 4.39 Å². The summed E-state index contributed by atoms with van der Waals surface area (Å²) in [5, 5.41) is 0. The van der Waals surface area contributed by atoms with Crippen LogP contribution in [0.5, 0.6) is 11.5 Å². The summed E-state index contributed by atoms with van der Waals surface area (Å²) in [7, 11) is 3.00. The summed E-state index contributed by atoms with van der Waals surface area (Å²) in [5.74, 6) is 6.00. The topological polar surface area (TPSA) is 53.7 Å². The summed E-state index contributed by atoms with van der Waals surface area (Å²) in [6.45, 7) is 1.62. The van der Waals surface area contributed by atoms with E-state index in [9.17, 15) is 4.39 Å². The minimum Gasteiger partial charge on any atom is -0.496 e. The standard InChI is InChI=1S/C11H16FNO3/c1-7(12)9-5-10(14-2)8(6-16-13)4-11(9)15-3/h4-5,7H,6,13H2,1-3H3. The molecule has 0 saturated heterocycles. The van der Waals surface area contributed by atoms with Crippen LogP contribution in [-0.4, -0.2) is 14.2 Å².